The Morgan fingerprint density at radius 3 is 2.50 bits per heavy atom. The van der Waals surface area contributed by atoms with Gasteiger partial charge in [0.1, 0.15) is 23.1 Å². The van der Waals surface area contributed by atoms with Gasteiger partial charge >= 0.3 is 0 Å². The number of hydrogen-bond acceptors (Lipinski definition) is 3. The largest absolute Gasteiger partial charge is 0.361 e. The van der Waals surface area contributed by atoms with Crippen LogP contribution in [0.4, 0.5) is 14.5 Å². The van der Waals surface area contributed by atoms with Crippen LogP contribution in [0.25, 0.3) is 0 Å². The van der Waals surface area contributed by atoms with Gasteiger partial charge in [0.25, 0.3) is 0 Å². The van der Waals surface area contributed by atoms with Crippen molar-refractivity contribution in [3.05, 3.63) is 46.9 Å². The SMILES string of the molecule is Cc1noc(C)c1CCC(=O)Nc1c(F)cccc1F. The minimum atomic E-state index is -0.796. The van der Waals surface area contributed by atoms with Crippen LogP contribution < -0.4 is 5.32 Å². The van der Waals surface area contributed by atoms with E-state index in [0.29, 0.717) is 17.9 Å². The van der Waals surface area contributed by atoms with Crippen LogP contribution in [-0.4, -0.2) is 11.1 Å². The van der Waals surface area contributed by atoms with E-state index in [1.165, 1.54) is 6.07 Å². The fourth-order valence-corrected chi connectivity index (χ4v) is 1.92. The molecule has 2 rings (SSSR count). The maximum Gasteiger partial charge on any atom is 0.224 e. The molecule has 0 aliphatic heterocycles. The summed E-state index contributed by atoms with van der Waals surface area (Å²) in [6.45, 7) is 3.53. The summed E-state index contributed by atoms with van der Waals surface area (Å²) in [5.41, 5.74) is 1.14. The molecule has 0 unspecified atom stereocenters. The quantitative estimate of drug-likeness (QED) is 0.936. The molecule has 0 aliphatic carbocycles. The van der Waals surface area contributed by atoms with Crippen molar-refractivity contribution in [2.75, 3.05) is 5.32 Å². The summed E-state index contributed by atoms with van der Waals surface area (Å²) >= 11 is 0. The van der Waals surface area contributed by atoms with E-state index in [-0.39, 0.29) is 6.42 Å². The zero-order valence-corrected chi connectivity index (χ0v) is 11.2. The van der Waals surface area contributed by atoms with Crippen molar-refractivity contribution in [2.45, 2.75) is 26.7 Å². The van der Waals surface area contributed by atoms with Crippen LogP contribution >= 0.6 is 0 Å². The zero-order valence-electron chi connectivity index (χ0n) is 11.2. The molecule has 6 heteroatoms. The van der Waals surface area contributed by atoms with Crippen molar-refractivity contribution in [3.63, 3.8) is 0 Å². The summed E-state index contributed by atoms with van der Waals surface area (Å²) in [4.78, 5) is 11.7. The Labute approximate surface area is 114 Å². The molecule has 0 aliphatic rings. The number of para-hydroxylation sites is 1. The lowest BCUT2D eigenvalue weighted by molar-refractivity contribution is -0.116. The number of aryl methyl sites for hydroxylation is 2. The molecule has 0 spiro atoms. The molecule has 1 heterocycles. The second kappa shape index (κ2) is 5.81. The van der Waals surface area contributed by atoms with E-state index < -0.39 is 23.2 Å². The molecular formula is C14H14F2N2O2. The highest BCUT2D eigenvalue weighted by molar-refractivity contribution is 5.91. The molecule has 1 N–H and O–H groups in total. The average molecular weight is 280 g/mol. The van der Waals surface area contributed by atoms with E-state index in [1.54, 1.807) is 13.8 Å². The van der Waals surface area contributed by atoms with Gasteiger partial charge in [0.2, 0.25) is 5.91 Å². The van der Waals surface area contributed by atoms with Crippen LogP contribution in [0, 0.1) is 25.5 Å². The molecule has 2 aromatic rings. The third kappa shape index (κ3) is 3.01. The Hall–Kier alpha value is -2.24. The molecule has 0 saturated carbocycles. The molecule has 0 radical (unpaired) electrons. The monoisotopic (exact) mass is 280 g/mol. The standard InChI is InChI=1S/C14H14F2N2O2/c1-8-10(9(2)20-18-8)6-7-13(19)17-14-11(15)4-3-5-12(14)16/h3-5H,6-7H2,1-2H3,(H,17,19). The number of halogens is 2. The zero-order chi connectivity index (χ0) is 14.7. The van der Waals surface area contributed by atoms with Gasteiger partial charge in [-0.2, -0.15) is 0 Å². The number of benzene rings is 1. The molecule has 20 heavy (non-hydrogen) atoms. The van der Waals surface area contributed by atoms with Gasteiger partial charge in [-0.1, -0.05) is 11.2 Å². The molecule has 0 saturated heterocycles. The van der Waals surface area contributed by atoms with Crippen molar-refractivity contribution in [1.82, 2.24) is 5.16 Å². The van der Waals surface area contributed by atoms with Gasteiger partial charge < -0.3 is 9.84 Å². The van der Waals surface area contributed by atoms with Crippen molar-refractivity contribution in [2.24, 2.45) is 0 Å². The summed E-state index contributed by atoms with van der Waals surface area (Å²) in [5, 5.41) is 6.02. The predicted molar refractivity (Wildman–Crippen MR) is 69.3 cm³/mol. The van der Waals surface area contributed by atoms with Gasteiger partial charge in [-0.05, 0) is 32.4 Å². The van der Waals surface area contributed by atoms with Gasteiger partial charge in [0.15, 0.2) is 0 Å². The third-order valence-electron chi connectivity index (χ3n) is 3.01. The number of aromatic nitrogens is 1. The number of hydrogen-bond donors (Lipinski definition) is 1. The molecule has 1 aromatic heterocycles. The van der Waals surface area contributed by atoms with E-state index in [4.69, 9.17) is 4.52 Å². The highest BCUT2D eigenvalue weighted by Gasteiger charge is 2.14. The van der Waals surface area contributed by atoms with Crippen LogP contribution in [-0.2, 0) is 11.2 Å². The number of nitrogens with one attached hydrogen (secondary N) is 1. The molecular weight excluding hydrogens is 266 g/mol. The van der Waals surface area contributed by atoms with E-state index in [9.17, 15) is 13.6 Å². The second-order valence-electron chi connectivity index (χ2n) is 4.45. The molecule has 0 bridgehead atoms. The smallest absolute Gasteiger partial charge is 0.224 e. The van der Waals surface area contributed by atoms with Crippen LogP contribution in [0.1, 0.15) is 23.4 Å². The Morgan fingerprint density at radius 2 is 1.95 bits per heavy atom. The lowest BCUT2D eigenvalue weighted by atomic mass is 10.1. The molecule has 0 atom stereocenters. The normalized spacial score (nSPS) is 10.6. The van der Waals surface area contributed by atoms with Crippen molar-refractivity contribution < 1.29 is 18.1 Å². The number of carbonyl (C=O) groups is 1. The fourth-order valence-electron chi connectivity index (χ4n) is 1.92. The van der Waals surface area contributed by atoms with Crippen molar-refractivity contribution in [1.29, 1.82) is 0 Å². The summed E-state index contributed by atoms with van der Waals surface area (Å²) in [6, 6.07) is 3.42. The first kappa shape index (κ1) is 14.2. The summed E-state index contributed by atoms with van der Waals surface area (Å²) in [5.74, 6) is -1.41. The van der Waals surface area contributed by atoms with Crippen molar-refractivity contribution in [3.8, 4) is 0 Å². The van der Waals surface area contributed by atoms with Crippen LogP contribution in [0.5, 0.6) is 0 Å². The Balaban J connectivity index is 2.00. The average Bonchev–Trinajstić information content (AvgIpc) is 2.71. The predicted octanol–water partition coefficient (Wildman–Crippen LogP) is 3.14. The summed E-state index contributed by atoms with van der Waals surface area (Å²) in [7, 11) is 0. The highest BCUT2D eigenvalue weighted by Crippen LogP contribution is 2.19. The molecule has 1 amide bonds. The van der Waals surface area contributed by atoms with Gasteiger partial charge in [-0.3, -0.25) is 4.79 Å². The number of carbonyl (C=O) groups excluding carboxylic acids is 1. The van der Waals surface area contributed by atoms with Crippen LogP contribution in [0.3, 0.4) is 0 Å². The summed E-state index contributed by atoms with van der Waals surface area (Å²) < 4.78 is 31.7. The van der Waals surface area contributed by atoms with Gasteiger partial charge in [0, 0.05) is 12.0 Å². The Bertz CT molecular complexity index is 598. The first-order chi connectivity index (χ1) is 9.49. The second-order valence-corrected chi connectivity index (χ2v) is 4.45. The van der Waals surface area contributed by atoms with E-state index >= 15 is 0 Å². The van der Waals surface area contributed by atoms with E-state index in [0.717, 1.165) is 17.7 Å². The maximum absolute atomic E-state index is 13.4. The fraction of sp³-hybridized carbons (Fsp3) is 0.286. The maximum atomic E-state index is 13.4. The first-order valence-electron chi connectivity index (χ1n) is 6.14. The third-order valence-corrected chi connectivity index (χ3v) is 3.01. The first-order valence-corrected chi connectivity index (χ1v) is 6.14. The topological polar surface area (TPSA) is 55.1 Å². The van der Waals surface area contributed by atoms with Gasteiger partial charge in [-0.15, -0.1) is 0 Å². The van der Waals surface area contributed by atoms with Crippen LogP contribution in [0.15, 0.2) is 22.7 Å². The minimum absolute atomic E-state index is 0.0939. The van der Waals surface area contributed by atoms with E-state index in [1.807, 2.05) is 0 Å². The number of amides is 1. The molecule has 1 aromatic carbocycles. The highest BCUT2D eigenvalue weighted by atomic mass is 19.1. The van der Waals surface area contributed by atoms with Crippen molar-refractivity contribution >= 4 is 11.6 Å². The molecule has 106 valence electrons. The Kier molecular flexibility index (Phi) is 4.12. The van der Waals surface area contributed by atoms with E-state index in [2.05, 4.69) is 10.5 Å². The number of anilines is 1. The molecule has 4 nitrogen and oxygen atoms in total. The minimum Gasteiger partial charge on any atom is -0.361 e. The Morgan fingerprint density at radius 1 is 1.30 bits per heavy atom. The van der Waals surface area contributed by atoms with Gasteiger partial charge in [-0.25, -0.2) is 8.78 Å². The lowest BCUT2D eigenvalue weighted by Crippen LogP contribution is -2.15. The lowest BCUT2D eigenvalue weighted by Gasteiger charge is -2.07. The number of rotatable bonds is 4. The number of nitrogens with zero attached hydrogens (tertiary/aromatic N) is 1. The van der Waals surface area contributed by atoms with Crippen LogP contribution in [0.2, 0.25) is 0 Å². The molecule has 0 fully saturated rings. The van der Waals surface area contributed by atoms with Gasteiger partial charge in [0.05, 0.1) is 5.69 Å². The summed E-state index contributed by atoms with van der Waals surface area (Å²) in [6.07, 6.45) is 0.500.